The van der Waals surface area contributed by atoms with Crippen molar-refractivity contribution >= 4 is 40.0 Å². The minimum atomic E-state index is -1.23. The highest BCUT2D eigenvalue weighted by molar-refractivity contribution is 8.00. The number of oxime groups is 1. The molecule has 0 saturated heterocycles. The van der Waals surface area contributed by atoms with Crippen molar-refractivity contribution in [1.82, 2.24) is 5.32 Å². The molecule has 3 aliphatic rings. The summed E-state index contributed by atoms with van der Waals surface area (Å²) < 4.78 is 20.4. The maximum absolute atomic E-state index is 13.3. The molecule has 13 heteroatoms. The number of carbonyl (C=O) groups is 1. The maximum atomic E-state index is 13.3. The van der Waals surface area contributed by atoms with Crippen LogP contribution in [0.4, 0.5) is 10.5 Å². The van der Waals surface area contributed by atoms with Crippen molar-refractivity contribution in [3.8, 4) is 11.5 Å². The number of nitrogens with zero attached hydrogens (tertiary/aromatic N) is 2. The highest BCUT2D eigenvalue weighted by atomic mass is 32.2. The highest BCUT2D eigenvalue weighted by Gasteiger charge is 2.64. The standard InChI is InChI=1S/C52H55N3O9S/c1-2-28-61-52-48(65-42-24-20-37-14-6-7-15-38(37)29-42)32-46(54-62-34-36-18-21-40(22-19-36)55(59)60)44-30-39(16-8-10-26-56)43(17-9-11-27-57)49(50(44)52)45-31-41(23-25-47(45)64-52)63-51(58)53-33-35-12-4-3-5-13-35/h2-7,12-15,18-25,29-31,39,43,48-50,56-57H,1,8-11,16-17,26-28,32-34H2,(H,53,58). The van der Waals surface area contributed by atoms with Crippen LogP contribution in [0.15, 0.2) is 150 Å². The predicted octanol–water partition coefficient (Wildman–Crippen LogP) is 10.7. The largest absolute Gasteiger partial charge is 0.460 e. The van der Waals surface area contributed by atoms with Gasteiger partial charge in [0.1, 0.15) is 18.1 Å². The van der Waals surface area contributed by atoms with Gasteiger partial charge in [-0.3, -0.25) is 10.1 Å². The normalized spacial score (nSPS) is 22.5. The molecule has 1 amide bonds. The van der Waals surface area contributed by atoms with E-state index in [0.717, 1.165) is 69.3 Å². The van der Waals surface area contributed by atoms with Crippen molar-refractivity contribution in [1.29, 1.82) is 0 Å². The van der Waals surface area contributed by atoms with Gasteiger partial charge in [0, 0.05) is 54.7 Å². The summed E-state index contributed by atoms with van der Waals surface area (Å²) in [5.74, 6) is -0.783. The number of fused-ring (bicyclic) bond motifs is 3. The molecule has 3 N–H and O–H groups in total. The zero-order valence-corrected chi connectivity index (χ0v) is 37.1. The minimum Gasteiger partial charge on any atom is -0.460 e. The summed E-state index contributed by atoms with van der Waals surface area (Å²) in [7, 11) is 0. The average molecular weight is 898 g/mol. The Morgan fingerprint density at radius 3 is 2.42 bits per heavy atom. The second-order valence-corrected chi connectivity index (χ2v) is 18.1. The first-order valence-corrected chi connectivity index (χ1v) is 23.3. The van der Waals surface area contributed by atoms with Gasteiger partial charge in [0.25, 0.3) is 5.69 Å². The van der Waals surface area contributed by atoms with Crippen LogP contribution in [-0.2, 0) is 22.7 Å². The van der Waals surface area contributed by atoms with Crippen molar-refractivity contribution in [2.45, 2.75) is 79.9 Å². The Balaban J connectivity index is 1.25. The number of aliphatic hydroxyl groups excluding tert-OH is 2. The predicted molar refractivity (Wildman–Crippen MR) is 252 cm³/mol. The molecule has 6 unspecified atom stereocenters. The number of benzene rings is 5. The number of hydrogen-bond donors (Lipinski definition) is 3. The van der Waals surface area contributed by atoms with Gasteiger partial charge in [-0.15, -0.1) is 18.3 Å². The molecular weight excluding hydrogens is 843 g/mol. The number of rotatable bonds is 20. The lowest BCUT2D eigenvalue weighted by Gasteiger charge is -2.58. The summed E-state index contributed by atoms with van der Waals surface area (Å²) in [4.78, 5) is 31.4. The quantitative estimate of drug-likeness (QED) is 0.0297. The van der Waals surface area contributed by atoms with E-state index in [1.165, 1.54) is 12.1 Å². The van der Waals surface area contributed by atoms with Crippen LogP contribution in [0.5, 0.6) is 11.5 Å². The first-order chi connectivity index (χ1) is 31.8. The van der Waals surface area contributed by atoms with Gasteiger partial charge in [-0.25, -0.2) is 4.79 Å². The molecule has 6 atom stereocenters. The van der Waals surface area contributed by atoms with Gasteiger partial charge in [-0.05, 0) is 107 Å². The second-order valence-electron chi connectivity index (χ2n) is 16.8. The first-order valence-electron chi connectivity index (χ1n) is 22.4. The summed E-state index contributed by atoms with van der Waals surface area (Å²) in [5.41, 5.74) is 4.26. The third-order valence-corrected chi connectivity index (χ3v) is 14.0. The summed E-state index contributed by atoms with van der Waals surface area (Å²) in [6, 6.07) is 36.1. The van der Waals surface area contributed by atoms with Crippen molar-refractivity contribution in [3.05, 3.63) is 166 Å². The Labute approximate surface area is 383 Å². The van der Waals surface area contributed by atoms with E-state index >= 15 is 0 Å². The number of nitro groups is 1. The van der Waals surface area contributed by atoms with Gasteiger partial charge >= 0.3 is 6.09 Å². The Morgan fingerprint density at radius 2 is 1.66 bits per heavy atom. The number of carbonyl (C=O) groups excluding carboxylic acids is 1. The number of non-ortho nitro benzene ring substituents is 1. The molecule has 5 aromatic rings. The third kappa shape index (κ3) is 10.4. The Bertz CT molecular complexity index is 2520. The van der Waals surface area contributed by atoms with E-state index in [9.17, 15) is 25.1 Å². The lowest BCUT2D eigenvalue weighted by Crippen LogP contribution is -2.64. The van der Waals surface area contributed by atoms with E-state index in [0.29, 0.717) is 37.3 Å². The lowest BCUT2D eigenvalue weighted by molar-refractivity contribution is -0.384. The van der Waals surface area contributed by atoms with E-state index < -0.39 is 22.7 Å². The first kappa shape index (κ1) is 45.6. The minimum absolute atomic E-state index is 0.00472. The van der Waals surface area contributed by atoms with Gasteiger partial charge in [0.05, 0.1) is 28.4 Å². The van der Waals surface area contributed by atoms with Crippen LogP contribution in [0.2, 0.25) is 0 Å². The molecule has 0 aromatic heterocycles. The molecule has 1 heterocycles. The number of thioether (sulfide) groups is 1. The van der Waals surface area contributed by atoms with Gasteiger partial charge in [0.15, 0.2) is 0 Å². The number of nitrogens with one attached hydrogen (secondary N) is 1. The van der Waals surface area contributed by atoms with Gasteiger partial charge < -0.3 is 34.6 Å². The summed E-state index contributed by atoms with van der Waals surface area (Å²) >= 11 is 1.67. The van der Waals surface area contributed by atoms with Crippen LogP contribution in [0.1, 0.15) is 67.6 Å². The third-order valence-electron chi connectivity index (χ3n) is 12.7. The van der Waals surface area contributed by atoms with Crippen LogP contribution >= 0.6 is 11.8 Å². The van der Waals surface area contributed by atoms with Gasteiger partial charge in [-0.2, -0.15) is 0 Å². The summed E-state index contributed by atoms with van der Waals surface area (Å²) in [6.07, 6.45) is 8.38. The summed E-state index contributed by atoms with van der Waals surface area (Å²) in [6.45, 7) is 4.83. The van der Waals surface area contributed by atoms with E-state index in [1.807, 2.05) is 54.6 Å². The molecule has 8 rings (SSSR count). The number of ether oxygens (including phenoxy) is 3. The smallest absolute Gasteiger partial charge is 0.412 e. The molecule has 0 bridgehead atoms. The molecule has 338 valence electrons. The van der Waals surface area contributed by atoms with Crippen LogP contribution in [-0.4, -0.2) is 57.8 Å². The monoisotopic (exact) mass is 897 g/mol. The fraction of sp³-hybridized carbons (Fsp3) is 0.346. The molecule has 0 spiro atoms. The van der Waals surface area contributed by atoms with E-state index in [4.69, 9.17) is 24.2 Å². The van der Waals surface area contributed by atoms with Gasteiger partial charge in [-0.1, -0.05) is 90.8 Å². The van der Waals surface area contributed by atoms with E-state index in [1.54, 1.807) is 36.0 Å². The second kappa shape index (κ2) is 21.3. The Hall–Kier alpha value is -5.99. The molecule has 2 aliphatic carbocycles. The molecule has 1 fully saturated rings. The maximum Gasteiger partial charge on any atom is 0.412 e. The molecule has 1 aliphatic heterocycles. The van der Waals surface area contributed by atoms with Crippen molar-refractivity contribution in [3.63, 3.8) is 0 Å². The number of amides is 1. The zero-order valence-electron chi connectivity index (χ0n) is 36.3. The topological polar surface area (TPSA) is 162 Å². The van der Waals surface area contributed by atoms with E-state index in [2.05, 4.69) is 48.3 Å². The zero-order chi connectivity index (χ0) is 45.2. The number of hydrogen-bond acceptors (Lipinski definition) is 11. The Morgan fingerprint density at radius 1 is 0.908 bits per heavy atom. The van der Waals surface area contributed by atoms with Crippen LogP contribution < -0.4 is 14.8 Å². The van der Waals surface area contributed by atoms with Crippen molar-refractivity contribution in [2.75, 3.05) is 19.8 Å². The molecule has 65 heavy (non-hydrogen) atoms. The van der Waals surface area contributed by atoms with E-state index in [-0.39, 0.29) is 55.1 Å². The fourth-order valence-electron chi connectivity index (χ4n) is 9.70. The SMILES string of the molecule is C=CCOC12Oc3ccc(OC(=O)NCc4ccccc4)cc3C3C(CCCCO)C(CCCCO)C=C(C(=NOCc4ccc([N+](=O)[O-])cc4)CC1Sc1ccc4ccccc4c1)C32. The van der Waals surface area contributed by atoms with Crippen LogP contribution in [0, 0.1) is 27.9 Å². The van der Waals surface area contributed by atoms with Crippen LogP contribution in [0.25, 0.3) is 10.8 Å². The van der Waals surface area contributed by atoms with Crippen LogP contribution in [0.3, 0.4) is 0 Å². The molecule has 1 saturated carbocycles. The highest BCUT2D eigenvalue weighted by Crippen LogP contribution is 2.63. The fourth-order valence-corrected chi connectivity index (χ4v) is 11.0. The lowest BCUT2D eigenvalue weighted by atomic mass is 9.56. The molecular formula is C52H55N3O9S. The molecule has 5 aromatic carbocycles. The molecule has 0 radical (unpaired) electrons. The number of nitro benzene ring substituents is 1. The van der Waals surface area contributed by atoms with Crippen molar-refractivity contribution < 1.29 is 39.0 Å². The Kier molecular flexibility index (Phi) is 15.0. The van der Waals surface area contributed by atoms with Gasteiger partial charge in [0.2, 0.25) is 5.79 Å². The van der Waals surface area contributed by atoms with Crippen molar-refractivity contribution in [2.24, 2.45) is 22.9 Å². The number of unbranched alkanes of at least 4 members (excludes halogenated alkanes) is 2. The summed E-state index contributed by atoms with van der Waals surface area (Å²) in [5, 5.41) is 40.9. The number of aliphatic hydroxyl groups is 2. The average Bonchev–Trinajstić information content (AvgIpc) is 3.32. The number of allylic oxidation sites excluding steroid dienone is 1. The molecule has 12 nitrogen and oxygen atoms in total.